The minimum atomic E-state index is -0.725. The number of carbonyl (C=O) groups is 1. The molecule has 1 N–H and O–H groups in total. The van der Waals surface area contributed by atoms with E-state index in [2.05, 4.69) is 26.8 Å². The topological polar surface area (TPSA) is 37.3 Å². The lowest BCUT2D eigenvalue weighted by molar-refractivity contribution is -0.136. The molecule has 0 aromatic heterocycles. The fourth-order valence-electron chi connectivity index (χ4n) is 0.740. The van der Waals surface area contributed by atoms with Crippen LogP contribution in [0, 0.1) is 11.8 Å². The molecular weight excluding hydrogens is 152 g/mol. The van der Waals surface area contributed by atoms with E-state index in [-0.39, 0.29) is 6.42 Å². The summed E-state index contributed by atoms with van der Waals surface area (Å²) in [6.07, 6.45) is 4.93. The molecule has 0 aromatic carbocycles. The van der Waals surface area contributed by atoms with Gasteiger partial charge in [-0.25, -0.2) is 0 Å². The third-order valence-corrected chi connectivity index (χ3v) is 2.02. The molecule has 12 heavy (non-hydrogen) atoms. The highest BCUT2D eigenvalue weighted by Crippen LogP contribution is 2.11. The van der Waals surface area contributed by atoms with Crippen LogP contribution in [0.3, 0.4) is 0 Å². The predicted octanol–water partition coefficient (Wildman–Crippen LogP) is 2.70. The van der Waals surface area contributed by atoms with Gasteiger partial charge in [-0.3, -0.25) is 4.79 Å². The zero-order valence-electron chi connectivity index (χ0n) is 8.08. The van der Waals surface area contributed by atoms with E-state index >= 15 is 0 Å². The molecule has 0 aliphatic heterocycles. The normalized spacial score (nSPS) is 14.0. The van der Waals surface area contributed by atoms with Gasteiger partial charge in [-0.15, -0.1) is 0 Å². The van der Waals surface area contributed by atoms with E-state index in [0.29, 0.717) is 18.3 Å². The second-order valence-electron chi connectivity index (χ2n) is 3.46. The molecule has 0 aliphatic carbocycles. The number of aliphatic carboxylic acids is 1. The van der Waals surface area contributed by atoms with Gasteiger partial charge in [-0.05, 0) is 18.3 Å². The molecule has 70 valence electrons. The Hall–Kier alpha value is -0.790. The van der Waals surface area contributed by atoms with Crippen molar-refractivity contribution in [3.05, 3.63) is 12.2 Å². The molecule has 0 aromatic rings. The maximum Gasteiger partial charge on any atom is 0.303 e. The van der Waals surface area contributed by atoms with Crippen LogP contribution in [0.25, 0.3) is 0 Å². The van der Waals surface area contributed by atoms with Gasteiger partial charge in [0.25, 0.3) is 0 Å². The highest BCUT2D eigenvalue weighted by atomic mass is 16.4. The maximum absolute atomic E-state index is 10.1. The standard InChI is InChI=1S/C10H18O2/c1-8(2)9(3)6-4-5-7-10(11)12/h4,6,8-9H,5,7H2,1-3H3,(H,11,12)/b6-4+. The second-order valence-corrected chi connectivity index (χ2v) is 3.46. The Morgan fingerprint density at radius 3 is 2.42 bits per heavy atom. The summed E-state index contributed by atoms with van der Waals surface area (Å²) >= 11 is 0. The average Bonchev–Trinajstić information content (AvgIpc) is 1.97. The van der Waals surface area contributed by atoms with E-state index in [1.54, 1.807) is 0 Å². The van der Waals surface area contributed by atoms with Crippen LogP contribution in [-0.2, 0) is 4.79 Å². The van der Waals surface area contributed by atoms with E-state index in [4.69, 9.17) is 5.11 Å². The van der Waals surface area contributed by atoms with E-state index < -0.39 is 5.97 Å². The quantitative estimate of drug-likeness (QED) is 0.644. The number of hydrogen-bond donors (Lipinski definition) is 1. The average molecular weight is 170 g/mol. The molecule has 0 spiro atoms. The highest BCUT2D eigenvalue weighted by Gasteiger charge is 2.01. The van der Waals surface area contributed by atoms with Gasteiger partial charge in [-0.1, -0.05) is 32.9 Å². The molecule has 0 aliphatic rings. The Morgan fingerprint density at radius 2 is 2.00 bits per heavy atom. The van der Waals surface area contributed by atoms with Crippen molar-refractivity contribution in [1.82, 2.24) is 0 Å². The number of hydrogen-bond acceptors (Lipinski definition) is 1. The first kappa shape index (κ1) is 11.2. The van der Waals surface area contributed by atoms with Crippen molar-refractivity contribution >= 4 is 5.97 Å². The van der Waals surface area contributed by atoms with Gasteiger partial charge in [0.05, 0.1) is 0 Å². The Morgan fingerprint density at radius 1 is 1.42 bits per heavy atom. The van der Waals surface area contributed by atoms with Crippen LogP contribution < -0.4 is 0 Å². The summed E-state index contributed by atoms with van der Waals surface area (Å²) in [5.74, 6) is 0.446. The van der Waals surface area contributed by atoms with Crippen molar-refractivity contribution in [2.24, 2.45) is 11.8 Å². The Balaban J connectivity index is 3.55. The minimum absolute atomic E-state index is 0.237. The number of carboxylic acids is 1. The summed E-state index contributed by atoms with van der Waals surface area (Å²) in [5, 5.41) is 8.35. The Labute approximate surface area is 74.3 Å². The summed E-state index contributed by atoms with van der Waals surface area (Å²) in [7, 11) is 0. The van der Waals surface area contributed by atoms with Crippen LogP contribution in [0.4, 0.5) is 0 Å². The van der Waals surface area contributed by atoms with E-state index in [0.717, 1.165) is 0 Å². The van der Waals surface area contributed by atoms with Gasteiger partial charge in [-0.2, -0.15) is 0 Å². The lowest BCUT2D eigenvalue weighted by Gasteiger charge is -2.08. The third-order valence-electron chi connectivity index (χ3n) is 2.02. The first-order valence-electron chi connectivity index (χ1n) is 4.42. The Bertz CT molecular complexity index is 159. The molecular formula is C10H18O2. The van der Waals surface area contributed by atoms with Gasteiger partial charge >= 0.3 is 5.97 Å². The van der Waals surface area contributed by atoms with Gasteiger partial charge < -0.3 is 5.11 Å². The van der Waals surface area contributed by atoms with Gasteiger partial charge in [0.1, 0.15) is 0 Å². The van der Waals surface area contributed by atoms with E-state index in [9.17, 15) is 4.79 Å². The number of allylic oxidation sites excluding steroid dienone is 2. The minimum Gasteiger partial charge on any atom is -0.481 e. The Kier molecular flexibility index (Phi) is 5.43. The SMILES string of the molecule is CC(C)C(C)/C=C/CCC(=O)O. The lowest BCUT2D eigenvalue weighted by atomic mass is 9.97. The molecule has 1 atom stereocenters. The molecule has 0 heterocycles. The first-order valence-corrected chi connectivity index (χ1v) is 4.42. The van der Waals surface area contributed by atoms with Gasteiger partial charge in [0, 0.05) is 6.42 Å². The third kappa shape index (κ3) is 5.96. The zero-order chi connectivity index (χ0) is 9.56. The van der Waals surface area contributed by atoms with Crippen LogP contribution in [-0.4, -0.2) is 11.1 Å². The van der Waals surface area contributed by atoms with Crippen molar-refractivity contribution < 1.29 is 9.90 Å². The van der Waals surface area contributed by atoms with Crippen molar-refractivity contribution in [2.45, 2.75) is 33.6 Å². The molecule has 0 fully saturated rings. The maximum atomic E-state index is 10.1. The van der Waals surface area contributed by atoms with E-state index in [1.165, 1.54) is 0 Å². The highest BCUT2D eigenvalue weighted by molar-refractivity contribution is 5.66. The molecule has 0 saturated carbocycles. The van der Waals surface area contributed by atoms with Crippen LogP contribution in [0.1, 0.15) is 33.6 Å². The molecule has 0 rings (SSSR count). The van der Waals surface area contributed by atoms with Crippen LogP contribution in [0.15, 0.2) is 12.2 Å². The molecule has 0 amide bonds. The summed E-state index contributed by atoms with van der Waals surface area (Å²) < 4.78 is 0. The molecule has 2 heteroatoms. The fourth-order valence-corrected chi connectivity index (χ4v) is 0.740. The van der Waals surface area contributed by atoms with Crippen molar-refractivity contribution in [1.29, 1.82) is 0 Å². The second kappa shape index (κ2) is 5.81. The van der Waals surface area contributed by atoms with E-state index in [1.807, 2.05) is 6.08 Å². The molecule has 0 radical (unpaired) electrons. The van der Waals surface area contributed by atoms with Crippen molar-refractivity contribution in [3.63, 3.8) is 0 Å². The summed E-state index contributed by atoms with van der Waals surface area (Å²) in [4.78, 5) is 10.1. The fraction of sp³-hybridized carbons (Fsp3) is 0.700. The number of carboxylic acid groups (broad SMARTS) is 1. The molecule has 1 unspecified atom stereocenters. The number of rotatable bonds is 5. The van der Waals surface area contributed by atoms with Crippen LogP contribution in [0.5, 0.6) is 0 Å². The van der Waals surface area contributed by atoms with Gasteiger partial charge in [0.15, 0.2) is 0 Å². The zero-order valence-corrected chi connectivity index (χ0v) is 8.08. The molecule has 2 nitrogen and oxygen atoms in total. The largest absolute Gasteiger partial charge is 0.481 e. The summed E-state index contributed by atoms with van der Waals surface area (Å²) in [5.41, 5.74) is 0. The van der Waals surface area contributed by atoms with Gasteiger partial charge in [0.2, 0.25) is 0 Å². The van der Waals surface area contributed by atoms with Crippen LogP contribution >= 0.6 is 0 Å². The predicted molar refractivity (Wildman–Crippen MR) is 50.0 cm³/mol. The molecule has 0 bridgehead atoms. The first-order chi connectivity index (χ1) is 5.54. The summed E-state index contributed by atoms with van der Waals surface area (Å²) in [6.45, 7) is 6.46. The monoisotopic (exact) mass is 170 g/mol. The smallest absolute Gasteiger partial charge is 0.303 e. The summed E-state index contributed by atoms with van der Waals surface area (Å²) in [6, 6.07) is 0. The van der Waals surface area contributed by atoms with Crippen molar-refractivity contribution in [3.8, 4) is 0 Å². The van der Waals surface area contributed by atoms with Crippen LogP contribution in [0.2, 0.25) is 0 Å². The lowest BCUT2D eigenvalue weighted by Crippen LogP contribution is -1.99. The molecule has 0 saturated heterocycles. The van der Waals surface area contributed by atoms with Crippen molar-refractivity contribution in [2.75, 3.05) is 0 Å².